The fourth-order valence-electron chi connectivity index (χ4n) is 4.23. The van der Waals surface area contributed by atoms with Crippen LogP contribution in [0, 0.1) is 0 Å². The number of rotatable bonds is 10. The van der Waals surface area contributed by atoms with Gasteiger partial charge in [0.15, 0.2) is 11.6 Å². The third-order valence-corrected chi connectivity index (χ3v) is 7.86. The first-order valence-electron chi connectivity index (χ1n) is 12.3. The Kier molecular flexibility index (Phi) is 8.53. The van der Waals surface area contributed by atoms with Crippen LogP contribution in [0.1, 0.15) is 0 Å². The van der Waals surface area contributed by atoms with Crippen LogP contribution in [-0.2, 0) is 15.7 Å². The number of methoxy groups -OCH3 is 2. The molecule has 1 aromatic heterocycles. The summed E-state index contributed by atoms with van der Waals surface area (Å²) >= 11 is 1.78. The number of thioether (sulfide) groups is 1. The SMILES string of the molecule is COc1cc(Nc2nc3ccccc3nc2N(c2cccc(NC(=O)CN3CCSC3)c2)[SH](=O)=O)cc(OC)c1. The van der Waals surface area contributed by atoms with E-state index in [4.69, 9.17) is 14.5 Å². The van der Waals surface area contributed by atoms with E-state index in [0.29, 0.717) is 39.6 Å². The number of hydrogen-bond acceptors (Lipinski definition) is 10. The summed E-state index contributed by atoms with van der Waals surface area (Å²) in [5.41, 5.74) is 2.41. The first kappa shape index (κ1) is 27.5. The van der Waals surface area contributed by atoms with Crippen LogP contribution in [0.15, 0.2) is 66.7 Å². The smallest absolute Gasteiger partial charge is 0.238 e. The molecule has 1 aliphatic rings. The fraction of sp³-hybridized carbons (Fsp3) is 0.222. The first-order valence-corrected chi connectivity index (χ1v) is 14.6. The maximum Gasteiger partial charge on any atom is 0.238 e. The number of benzene rings is 3. The lowest BCUT2D eigenvalue weighted by Crippen LogP contribution is -2.31. The highest BCUT2D eigenvalue weighted by Crippen LogP contribution is 2.35. The molecule has 1 amide bonds. The molecule has 2 N–H and O–H groups in total. The molecular formula is C27H28N6O5S2. The maximum absolute atomic E-state index is 12.7. The predicted octanol–water partition coefficient (Wildman–Crippen LogP) is 4.00. The van der Waals surface area contributed by atoms with Crippen molar-refractivity contribution < 1.29 is 22.7 Å². The zero-order valence-corrected chi connectivity index (χ0v) is 23.6. The number of thiol groups is 1. The first-order chi connectivity index (χ1) is 19.4. The highest BCUT2D eigenvalue weighted by molar-refractivity contribution is 7.99. The number of nitrogens with one attached hydrogen (secondary N) is 2. The molecule has 4 aromatic rings. The third-order valence-electron chi connectivity index (χ3n) is 6.10. The van der Waals surface area contributed by atoms with Gasteiger partial charge in [-0.3, -0.25) is 9.69 Å². The molecule has 11 nitrogen and oxygen atoms in total. The van der Waals surface area contributed by atoms with Crippen LogP contribution in [0.4, 0.5) is 28.7 Å². The number of carbonyl (C=O) groups is 1. The van der Waals surface area contributed by atoms with Crippen LogP contribution in [0.3, 0.4) is 0 Å². The normalized spacial score (nSPS) is 13.4. The van der Waals surface area contributed by atoms with Crippen LogP contribution in [-0.4, -0.2) is 68.1 Å². The van der Waals surface area contributed by atoms with Gasteiger partial charge >= 0.3 is 0 Å². The Bertz CT molecular complexity index is 1580. The Morgan fingerprint density at radius 1 is 0.975 bits per heavy atom. The van der Waals surface area contributed by atoms with Crippen LogP contribution in [0.2, 0.25) is 0 Å². The Morgan fingerprint density at radius 3 is 2.35 bits per heavy atom. The lowest BCUT2D eigenvalue weighted by molar-refractivity contribution is -0.117. The lowest BCUT2D eigenvalue weighted by Gasteiger charge is -2.21. The van der Waals surface area contributed by atoms with Gasteiger partial charge in [-0.1, -0.05) is 18.2 Å². The van der Waals surface area contributed by atoms with E-state index in [2.05, 4.69) is 20.5 Å². The fourth-order valence-corrected chi connectivity index (χ4v) is 5.83. The van der Waals surface area contributed by atoms with Gasteiger partial charge in [-0.05, 0) is 30.3 Å². The Hall–Kier alpha value is -4.07. The van der Waals surface area contributed by atoms with Crippen molar-refractivity contribution in [2.75, 3.05) is 53.9 Å². The number of hydrogen-bond donors (Lipinski definition) is 3. The van der Waals surface area contributed by atoms with Crippen LogP contribution < -0.4 is 24.4 Å². The van der Waals surface area contributed by atoms with E-state index in [0.717, 1.165) is 22.5 Å². The molecule has 40 heavy (non-hydrogen) atoms. The topological polar surface area (TPSA) is 126 Å². The Morgan fingerprint density at radius 2 is 1.70 bits per heavy atom. The molecule has 0 saturated carbocycles. The van der Waals surface area contributed by atoms with Crippen molar-refractivity contribution in [2.45, 2.75) is 0 Å². The summed E-state index contributed by atoms with van der Waals surface area (Å²) in [6.07, 6.45) is 0. The number of fused-ring (bicyclic) bond motifs is 1. The summed E-state index contributed by atoms with van der Waals surface area (Å²) in [6, 6.07) is 19.0. The van der Waals surface area contributed by atoms with Gasteiger partial charge in [-0.25, -0.2) is 22.7 Å². The molecule has 2 heterocycles. The summed E-state index contributed by atoms with van der Waals surface area (Å²) in [4.78, 5) is 24.0. The average molecular weight is 581 g/mol. The molecular weight excluding hydrogens is 552 g/mol. The number of para-hydroxylation sites is 2. The van der Waals surface area contributed by atoms with E-state index in [1.807, 2.05) is 6.07 Å². The molecule has 0 radical (unpaired) electrons. The standard InChI is InChI=1S/C27H28N6O5S2/c1-37-21-13-19(14-22(15-21)38-2)29-26-27(31-24-9-4-3-8-23(24)30-26)33(40(35)36)20-7-5-6-18(12-20)28-25(34)16-32-10-11-39-17-32/h3-9,12-15,40H,10-11,16-17H2,1-2H3,(H,28,34)(H,29,30). The number of anilines is 5. The van der Waals surface area contributed by atoms with Gasteiger partial charge in [0.05, 0.1) is 37.5 Å². The molecule has 1 fully saturated rings. The molecule has 13 heteroatoms. The molecule has 1 saturated heterocycles. The molecule has 0 bridgehead atoms. The second-order valence-corrected chi connectivity index (χ2v) is 10.8. The van der Waals surface area contributed by atoms with Gasteiger partial charge in [-0.2, -0.15) is 0 Å². The second-order valence-electron chi connectivity index (χ2n) is 8.85. The summed E-state index contributed by atoms with van der Waals surface area (Å²) in [5.74, 6) is 2.99. The lowest BCUT2D eigenvalue weighted by atomic mass is 10.2. The van der Waals surface area contributed by atoms with E-state index >= 15 is 0 Å². The predicted molar refractivity (Wildman–Crippen MR) is 159 cm³/mol. The van der Waals surface area contributed by atoms with E-state index in [9.17, 15) is 13.2 Å². The third kappa shape index (κ3) is 6.38. The van der Waals surface area contributed by atoms with Gasteiger partial charge in [0.1, 0.15) is 11.5 Å². The number of aromatic nitrogens is 2. The summed E-state index contributed by atoms with van der Waals surface area (Å²) in [5, 5.41) is 6.06. The van der Waals surface area contributed by atoms with Crippen LogP contribution in [0.25, 0.3) is 11.0 Å². The molecule has 3 aromatic carbocycles. The van der Waals surface area contributed by atoms with E-state index < -0.39 is 10.9 Å². The van der Waals surface area contributed by atoms with Crippen molar-refractivity contribution in [3.05, 3.63) is 66.7 Å². The number of nitrogens with zero attached hydrogens (tertiary/aromatic N) is 4. The highest BCUT2D eigenvalue weighted by Gasteiger charge is 2.22. The quantitative estimate of drug-likeness (QED) is 0.237. The van der Waals surface area contributed by atoms with E-state index in [1.54, 1.807) is 86.6 Å². The van der Waals surface area contributed by atoms with E-state index in [-0.39, 0.29) is 24.1 Å². The molecule has 0 atom stereocenters. The zero-order chi connectivity index (χ0) is 28.1. The van der Waals surface area contributed by atoms with Gasteiger partial charge in [-0.15, -0.1) is 11.8 Å². The van der Waals surface area contributed by atoms with Crippen LogP contribution in [0.5, 0.6) is 11.5 Å². The minimum Gasteiger partial charge on any atom is -0.497 e. The van der Waals surface area contributed by atoms with Crippen LogP contribution >= 0.6 is 11.8 Å². The Balaban J connectivity index is 1.53. The molecule has 0 aliphatic carbocycles. The molecule has 0 spiro atoms. The van der Waals surface area contributed by atoms with E-state index in [1.165, 1.54) is 0 Å². The Labute approximate surface area is 237 Å². The second kappa shape index (κ2) is 12.4. The maximum atomic E-state index is 12.7. The highest BCUT2D eigenvalue weighted by atomic mass is 32.2. The van der Waals surface area contributed by atoms with Gasteiger partial charge < -0.3 is 20.1 Å². The minimum absolute atomic E-state index is 0.0640. The van der Waals surface area contributed by atoms with Crippen molar-refractivity contribution in [2.24, 2.45) is 0 Å². The van der Waals surface area contributed by atoms with Gasteiger partial charge in [0, 0.05) is 47.7 Å². The van der Waals surface area contributed by atoms with Gasteiger partial charge in [0.25, 0.3) is 0 Å². The number of amides is 1. The van der Waals surface area contributed by atoms with Crippen molar-refractivity contribution >= 4 is 68.3 Å². The monoisotopic (exact) mass is 580 g/mol. The van der Waals surface area contributed by atoms with Crippen molar-refractivity contribution in [1.82, 2.24) is 14.9 Å². The summed E-state index contributed by atoms with van der Waals surface area (Å²) in [6.45, 7) is 1.13. The summed E-state index contributed by atoms with van der Waals surface area (Å²) in [7, 11) is -0.125. The molecule has 1 aliphatic heterocycles. The number of carbonyl (C=O) groups excluding carboxylic acids is 1. The number of ether oxygens (including phenoxy) is 2. The van der Waals surface area contributed by atoms with Crippen molar-refractivity contribution in [3.63, 3.8) is 0 Å². The molecule has 0 unspecified atom stereocenters. The zero-order valence-electron chi connectivity index (χ0n) is 21.9. The average Bonchev–Trinajstić information content (AvgIpc) is 3.46. The minimum atomic E-state index is -3.21. The summed E-state index contributed by atoms with van der Waals surface area (Å²) < 4.78 is 37.3. The molecule has 5 rings (SSSR count). The molecule has 208 valence electrons. The van der Waals surface area contributed by atoms with Crippen molar-refractivity contribution in [1.29, 1.82) is 0 Å². The van der Waals surface area contributed by atoms with Gasteiger partial charge in [0.2, 0.25) is 16.8 Å². The largest absolute Gasteiger partial charge is 0.497 e. The van der Waals surface area contributed by atoms with Crippen molar-refractivity contribution in [3.8, 4) is 11.5 Å².